The number of halogens is 1. The van der Waals surface area contributed by atoms with Crippen LogP contribution in [-0.2, 0) is 11.2 Å². The fourth-order valence-electron chi connectivity index (χ4n) is 1.21. The van der Waals surface area contributed by atoms with Gasteiger partial charge in [0.15, 0.2) is 0 Å². The highest BCUT2D eigenvalue weighted by Crippen LogP contribution is 2.22. The number of nitro groups is 1. The van der Waals surface area contributed by atoms with E-state index < -0.39 is 10.9 Å². The fourth-order valence-corrected chi connectivity index (χ4v) is 1.53. The topological polar surface area (TPSA) is 93.3 Å². The monoisotopic (exact) mass is 288 g/mol. The first kappa shape index (κ1) is 12.6. The first-order valence-corrected chi connectivity index (χ1v) is 5.30. The maximum atomic E-state index is 10.7. The van der Waals surface area contributed by atoms with E-state index in [4.69, 9.17) is 5.11 Å². The van der Waals surface area contributed by atoms with Crippen molar-refractivity contribution in [3.8, 4) is 0 Å². The van der Waals surface area contributed by atoms with E-state index in [1.807, 2.05) is 0 Å². The van der Waals surface area contributed by atoms with Crippen molar-refractivity contribution in [3.63, 3.8) is 0 Å². The first-order valence-electron chi connectivity index (χ1n) is 4.51. The summed E-state index contributed by atoms with van der Waals surface area (Å²) in [6.45, 7) is 0. The molecule has 0 aliphatic heterocycles. The third-order valence-corrected chi connectivity index (χ3v) is 2.35. The Bertz CT molecular complexity index is 422. The summed E-state index contributed by atoms with van der Waals surface area (Å²) >= 11 is 3.09. The molecule has 6 nitrogen and oxygen atoms in total. The van der Waals surface area contributed by atoms with E-state index in [1.165, 1.54) is 12.3 Å². The van der Waals surface area contributed by atoms with Crippen molar-refractivity contribution >= 4 is 27.6 Å². The fraction of sp³-hybridized carbons (Fsp3) is 0.333. The van der Waals surface area contributed by atoms with E-state index in [2.05, 4.69) is 20.9 Å². The second-order valence-electron chi connectivity index (χ2n) is 3.12. The number of aromatic nitrogens is 1. The smallest absolute Gasteiger partial charge is 0.303 e. The molecule has 0 aliphatic rings. The van der Waals surface area contributed by atoms with Gasteiger partial charge in [0.2, 0.25) is 0 Å². The van der Waals surface area contributed by atoms with Crippen LogP contribution < -0.4 is 0 Å². The first-order chi connectivity index (χ1) is 7.50. The van der Waals surface area contributed by atoms with Crippen molar-refractivity contribution < 1.29 is 14.8 Å². The number of carboxylic acids is 1. The highest BCUT2D eigenvalue weighted by molar-refractivity contribution is 9.10. The highest BCUT2D eigenvalue weighted by atomic mass is 79.9. The van der Waals surface area contributed by atoms with Crippen molar-refractivity contribution in [2.24, 2.45) is 0 Å². The van der Waals surface area contributed by atoms with Crippen molar-refractivity contribution in [1.29, 1.82) is 0 Å². The molecule has 0 fully saturated rings. The number of rotatable bonds is 5. The van der Waals surface area contributed by atoms with Crippen LogP contribution in [0, 0.1) is 10.1 Å². The van der Waals surface area contributed by atoms with Crippen molar-refractivity contribution in [2.45, 2.75) is 19.3 Å². The van der Waals surface area contributed by atoms with Gasteiger partial charge in [0.05, 0.1) is 4.92 Å². The van der Waals surface area contributed by atoms with Gasteiger partial charge < -0.3 is 5.11 Å². The predicted molar refractivity (Wildman–Crippen MR) is 59.2 cm³/mol. The Morgan fingerprint density at radius 2 is 2.31 bits per heavy atom. The number of nitrogens with zero attached hydrogens (tertiary/aromatic N) is 2. The lowest BCUT2D eigenvalue weighted by atomic mass is 10.1. The molecule has 0 radical (unpaired) electrons. The molecule has 0 saturated heterocycles. The molecule has 0 bridgehead atoms. The van der Waals surface area contributed by atoms with Crippen LogP contribution >= 0.6 is 15.9 Å². The molecule has 0 saturated carbocycles. The van der Waals surface area contributed by atoms with Gasteiger partial charge in [-0.05, 0) is 28.8 Å². The lowest BCUT2D eigenvalue weighted by Gasteiger charge is -2.01. The van der Waals surface area contributed by atoms with E-state index in [1.54, 1.807) is 0 Å². The average Bonchev–Trinajstić information content (AvgIpc) is 2.19. The standard InChI is InChI=1S/C9H9BrN2O4/c10-6-4-8(12(15)16)7(11-5-6)2-1-3-9(13)14/h4-5H,1-3H2,(H,13,14). The SMILES string of the molecule is O=C(O)CCCc1ncc(Br)cc1[N+](=O)[O-]. The molecular formula is C9H9BrN2O4. The highest BCUT2D eigenvalue weighted by Gasteiger charge is 2.15. The Labute approximate surface area is 99.6 Å². The summed E-state index contributed by atoms with van der Waals surface area (Å²) in [6.07, 6.45) is 2.07. The van der Waals surface area contributed by atoms with E-state index >= 15 is 0 Å². The number of aliphatic carboxylic acids is 1. The molecule has 1 heterocycles. The van der Waals surface area contributed by atoms with Gasteiger partial charge in [-0.1, -0.05) is 0 Å². The van der Waals surface area contributed by atoms with Crippen LogP contribution in [-0.4, -0.2) is 21.0 Å². The molecular weight excluding hydrogens is 280 g/mol. The zero-order chi connectivity index (χ0) is 12.1. The summed E-state index contributed by atoms with van der Waals surface area (Å²) in [5.41, 5.74) is 0.231. The minimum Gasteiger partial charge on any atom is -0.481 e. The van der Waals surface area contributed by atoms with Crippen LogP contribution in [0.2, 0.25) is 0 Å². The predicted octanol–water partition coefficient (Wildman–Crippen LogP) is 2.16. The van der Waals surface area contributed by atoms with Crippen LogP contribution in [0.15, 0.2) is 16.7 Å². The second kappa shape index (κ2) is 5.55. The zero-order valence-corrected chi connectivity index (χ0v) is 9.81. The lowest BCUT2D eigenvalue weighted by molar-refractivity contribution is -0.386. The Morgan fingerprint density at radius 1 is 1.62 bits per heavy atom. The number of pyridine rings is 1. The molecule has 0 spiro atoms. The molecule has 0 amide bonds. The quantitative estimate of drug-likeness (QED) is 0.662. The van der Waals surface area contributed by atoms with Gasteiger partial charge in [-0.25, -0.2) is 0 Å². The molecule has 0 aromatic carbocycles. The summed E-state index contributed by atoms with van der Waals surface area (Å²) in [4.78, 5) is 24.4. The molecule has 1 N–H and O–H groups in total. The van der Waals surface area contributed by atoms with Gasteiger partial charge in [0.1, 0.15) is 5.69 Å². The third-order valence-electron chi connectivity index (χ3n) is 1.91. The zero-order valence-electron chi connectivity index (χ0n) is 8.22. The van der Waals surface area contributed by atoms with Crippen LogP contribution in [0.25, 0.3) is 0 Å². The number of carboxylic acid groups (broad SMARTS) is 1. The van der Waals surface area contributed by atoms with Crippen LogP contribution in [0.5, 0.6) is 0 Å². The Hall–Kier alpha value is -1.50. The lowest BCUT2D eigenvalue weighted by Crippen LogP contribution is -2.01. The Morgan fingerprint density at radius 3 is 2.88 bits per heavy atom. The van der Waals surface area contributed by atoms with Gasteiger partial charge in [-0.15, -0.1) is 0 Å². The number of hydrogen-bond acceptors (Lipinski definition) is 4. The molecule has 7 heteroatoms. The maximum absolute atomic E-state index is 10.7. The summed E-state index contributed by atoms with van der Waals surface area (Å²) in [7, 11) is 0. The van der Waals surface area contributed by atoms with E-state index in [0.29, 0.717) is 16.6 Å². The van der Waals surface area contributed by atoms with Gasteiger partial charge in [-0.3, -0.25) is 19.9 Å². The molecule has 0 aliphatic carbocycles. The van der Waals surface area contributed by atoms with E-state index in [-0.39, 0.29) is 18.5 Å². The van der Waals surface area contributed by atoms with Crippen molar-refractivity contribution in [1.82, 2.24) is 4.98 Å². The number of carbonyl (C=O) groups is 1. The van der Waals surface area contributed by atoms with E-state index in [9.17, 15) is 14.9 Å². The number of hydrogen-bond donors (Lipinski definition) is 1. The average molecular weight is 289 g/mol. The summed E-state index contributed by atoms with van der Waals surface area (Å²) in [5.74, 6) is -0.917. The summed E-state index contributed by atoms with van der Waals surface area (Å²) in [5, 5.41) is 19.2. The van der Waals surface area contributed by atoms with Crippen LogP contribution in [0.4, 0.5) is 5.69 Å². The normalized spacial score (nSPS) is 10.1. The molecule has 0 atom stereocenters. The van der Waals surface area contributed by atoms with Crippen molar-refractivity contribution in [2.75, 3.05) is 0 Å². The molecule has 0 unspecified atom stereocenters. The molecule has 1 aromatic rings. The van der Waals surface area contributed by atoms with Gasteiger partial charge in [0, 0.05) is 23.2 Å². The van der Waals surface area contributed by atoms with Gasteiger partial charge in [-0.2, -0.15) is 0 Å². The van der Waals surface area contributed by atoms with Crippen LogP contribution in [0.3, 0.4) is 0 Å². The number of aryl methyl sites for hydroxylation is 1. The van der Waals surface area contributed by atoms with Gasteiger partial charge in [0.25, 0.3) is 5.69 Å². The Kier molecular flexibility index (Phi) is 4.36. The van der Waals surface area contributed by atoms with E-state index in [0.717, 1.165) is 0 Å². The van der Waals surface area contributed by atoms with Gasteiger partial charge >= 0.3 is 5.97 Å². The minimum atomic E-state index is -0.917. The minimum absolute atomic E-state index is 0.0190. The second-order valence-corrected chi connectivity index (χ2v) is 4.04. The third kappa shape index (κ3) is 3.58. The molecule has 1 rings (SSSR count). The Balaban J connectivity index is 2.78. The summed E-state index contributed by atoms with van der Waals surface area (Å²) in [6, 6.07) is 1.36. The molecule has 16 heavy (non-hydrogen) atoms. The van der Waals surface area contributed by atoms with Crippen molar-refractivity contribution in [3.05, 3.63) is 32.5 Å². The maximum Gasteiger partial charge on any atom is 0.303 e. The molecule has 86 valence electrons. The largest absolute Gasteiger partial charge is 0.481 e. The van der Waals surface area contributed by atoms with Crippen LogP contribution in [0.1, 0.15) is 18.5 Å². The summed E-state index contributed by atoms with van der Waals surface area (Å²) < 4.78 is 0.529. The molecule has 1 aromatic heterocycles.